The Morgan fingerprint density at radius 1 is 1.02 bits per heavy atom. The molecule has 10 heteroatoms. The van der Waals surface area contributed by atoms with Gasteiger partial charge < -0.3 is 14.1 Å². The summed E-state index contributed by atoms with van der Waals surface area (Å²) >= 11 is 3.34. The fourth-order valence-electron chi connectivity index (χ4n) is 4.91. The number of ether oxygens (including phenoxy) is 1. The molecule has 0 radical (unpaired) electrons. The summed E-state index contributed by atoms with van der Waals surface area (Å²) in [7, 11) is -4.02. The van der Waals surface area contributed by atoms with Gasteiger partial charge in [0, 0.05) is 24.2 Å². The van der Waals surface area contributed by atoms with Crippen molar-refractivity contribution in [1.29, 1.82) is 0 Å². The lowest BCUT2D eigenvalue weighted by molar-refractivity contribution is -0.132. The van der Waals surface area contributed by atoms with Crippen LogP contribution in [0.1, 0.15) is 29.5 Å². The number of aryl methyl sites for hydroxylation is 1. The van der Waals surface area contributed by atoms with Gasteiger partial charge in [0.2, 0.25) is 15.9 Å². The van der Waals surface area contributed by atoms with E-state index in [0.29, 0.717) is 29.6 Å². The summed E-state index contributed by atoms with van der Waals surface area (Å²) in [6.45, 7) is 2.26. The number of carbonyl (C=O) groups excluding carboxylic acids is 1. The average molecular weight is 640 g/mol. The zero-order valence-corrected chi connectivity index (χ0v) is 25.1. The Kier molecular flexibility index (Phi) is 9.03. The zero-order valence-electron chi connectivity index (χ0n) is 22.7. The van der Waals surface area contributed by atoms with Crippen molar-refractivity contribution < 1.29 is 22.4 Å². The first-order valence-corrected chi connectivity index (χ1v) is 15.6. The number of rotatable bonds is 10. The van der Waals surface area contributed by atoms with Crippen molar-refractivity contribution in [2.45, 2.75) is 43.9 Å². The Labute approximate surface area is 247 Å². The van der Waals surface area contributed by atoms with Crippen molar-refractivity contribution in [3.05, 3.63) is 110 Å². The predicted molar refractivity (Wildman–Crippen MR) is 160 cm³/mol. The molecule has 4 aromatic rings. The van der Waals surface area contributed by atoms with Gasteiger partial charge in [0.1, 0.15) is 5.58 Å². The van der Waals surface area contributed by atoms with Crippen molar-refractivity contribution in [2.75, 3.05) is 19.7 Å². The average Bonchev–Trinajstić information content (AvgIpc) is 3.48. The molecule has 1 unspecified atom stereocenters. The van der Waals surface area contributed by atoms with E-state index in [-0.39, 0.29) is 36.1 Å². The van der Waals surface area contributed by atoms with Crippen LogP contribution >= 0.6 is 15.9 Å². The number of carbonyl (C=O) groups is 1. The first-order valence-electron chi connectivity index (χ1n) is 13.4. The van der Waals surface area contributed by atoms with Gasteiger partial charge in [-0.05, 0) is 61.7 Å². The molecule has 8 nitrogen and oxygen atoms in total. The Bertz CT molecular complexity index is 1680. The minimum atomic E-state index is -4.02. The van der Waals surface area contributed by atoms with E-state index in [1.54, 1.807) is 24.3 Å². The molecule has 3 aromatic carbocycles. The quantitative estimate of drug-likeness (QED) is 0.235. The van der Waals surface area contributed by atoms with Gasteiger partial charge in [0.15, 0.2) is 5.43 Å². The Morgan fingerprint density at radius 3 is 2.49 bits per heavy atom. The van der Waals surface area contributed by atoms with E-state index in [4.69, 9.17) is 9.15 Å². The number of sulfonamides is 1. The minimum absolute atomic E-state index is 0.0357. The lowest BCUT2D eigenvalue weighted by atomic mass is 10.1. The van der Waals surface area contributed by atoms with Gasteiger partial charge in [-0.1, -0.05) is 57.9 Å². The Balaban J connectivity index is 1.47. The molecule has 1 amide bonds. The van der Waals surface area contributed by atoms with E-state index in [1.807, 2.05) is 43.3 Å². The molecular formula is C31H31BrN2O6S. The van der Waals surface area contributed by atoms with E-state index in [0.717, 1.165) is 22.0 Å². The first kappa shape index (κ1) is 29.2. The van der Waals surface area contributed by atoms with Gasteiger partial charge in [-0.2, -0.15) is 4.31 Å². The van der Waals surface area contributed by atoms with Crippen LogP contribution in [0.15, 0.2) is 97.6 Å². The van der Waals surface area contributed by atoms with Crippen LogP contribution in [0.2, 0.25) is 0 Å². The molecule has 1 fully saturated rings. The van der Waals surface area contributed by atoms with Crippen LogP contribution in [0, 0.1) is 6.92 Å². The first-order chi connectivity index (χ1) is 19.7. The van der Waals surface area contributed by atoms with Gasteiger partial charge >= 0.3 is 0 Å². The molecule has 1 aliphatic heterocycles. The summed E-state index contributed by atoms with van der Waals surface area (Å²) in [5, 5.41) is 0.437. The number of hydrogen-bond donors (Lipinski definition) is 0. The summed E-state index contributed by atoms with van der Waals surface area (Å²) < 4.78 is 40.9. The molecule has 0 saturated carbocycles. The fraction of sp³-hybridized carbons (Fsp3) is 0.290. The predicted octanol–water partition coefficient (Wildman–Crippen LogP) is 5.26. The maximum absolute atomic E-state index is 13.9. The molecule has 2 heterocycles. The summed E-state index contributed by atoms with van der Waals surface area (Å²) in [6, 6.07) is 21.1. The zero-order chi connectivity index (χ0) is 29.0. The second-order valence-electron chi connectivity index (χ2n) is 10.2. The van der Waals surface area contributed by atoms with Gasteiger partial charge in [-0.25, -0.2) is 8.42 Å². The highest BCUT2D eigenvalue weighted by molar-refractivity contribution is 9.10. The molecule has 0 aliphatic carbocycles. The van der Waals surface area contributed by atoms with Gasteiger partial charge in [0.05, 0.1) is 41.3 Å². The maximum Gasteiger partial charge on any atom is 0.243 e. The van der Waals surface area contributed by atoms with Crippen LogP contribution < -0.4 is 5.43 Å². The summed E-state index contributed by atoms with van der Waals surface area (Å²) in [6.07, 6.45) is 2.63. The summed E-state index contributed by atoms with van der Waals surface area (Å²) in [4.78, 5) is 28.9. The second kappa shape index (κ2) is 12.7. The molecule has 0 spiro atoms. The topological polar surface area (TPSA) is 97.1 Å². The largest absolute Gasteiger partial charge is 0.464 e. The summed E-state index contributed by atoms with van der Waals surface area (Å²) in [5.74, 6) is -0.434. The standard InChI is InChI=1S/C31H31BrN2O6S/c1-22-9-14-29-28(16-22)31(36)24(21-40-29)18-33(17-23-6-3-2-4-7-23)30(35)20-34(19-26-8-5-15-39-26)41(37,38)27-12-10-25(32)11-13-27/h2-4,6-7,9-14,16,21,26H,5,8,15,17-20H2,1H3. The van der Waals surface area contributed by atoms with Crippen LogP contribution in [0.5, 0.6) is 0 Å². The highest BCUT2D eigenvalue weighted by Gasteiger charge is 2.32. The van der Waals surface area contributed by atoms with E-state index in [1.165, 1.54) is 27.6 Å². The Morgan fingerprint density at radius 2 is 1.78 bits per heavy atom. The van der Waals surface area contributed by atoms with Crippen molar-refractivity contribution in [2.24, 2.45) is 0 Å². The third-order valence-corrected chi connectivity index (χ3v) is 9.48. The van der Waals surface area contributed by atoms with Gasteiger partial charge in [0.25, 0.3) is 0 Å². The van der Waals surface area contributed by atoms with E-state index >= 15 is 0 Å². The summed E-state index contributed by atoms with van der Waals surface area (Å²) in [5.41, 5.74) is 2.33. The van der Waals surface area contributed by atoms with Crippen molar-refractivity contribution in [1.82, 2.24) is 9.21 Å². The lowest BCUT2D eigenvalue weighted by Gasteiger charge is -2.28. The van der Waals surface area contributed by atoms with Gasteiger partial charge in [-0.3, -0.25) is 9.59 Å². The van der Waals surface area contributed by atoms with Crippen LogP contribution in [0.4, 0.5) is 0 Å². The fourth-order valence-corrected chi connectivity index (χ4v) is 6.59. The van der Waals surface area contributed by atoms with Crippen LogP contribution in [-0.2, 0) is 32.6 Å². The minimum Gasteiger partial charge on any atom is -0.464 e. The third-order valence-electron chi connectivity index (χ3n) is 7.12. The number of halogens is 1. The number of amides is 1. The second-order valence-corrected chi connectivity index (χ2v) is 13.1. The van der Waals surface area contributed by atoms with Crippen molar-refractivity contribution >= 4 is 42.8 Å². The number of fused-ring (bicyclic) bond motifs is 1. The van der Waals surface area contributed by atoms with Crippen molar-refractivity contribution in [3.63, 3.8) is 0 Å². The molecule has 5 rings (SSSR count). The molecule has 41 heavy (non-hydrogen) atoms. The van der Waals surface area contributed by atoms with Crippen LogP contribution in [-0.4, -0.2) is 49.3 Å². The molecule has 1 aromatic heterocycles. The smallest absolute Gasteiger partial charge is 0.243 e. The molecule has 1 saturated heterocycles. The van der Waals surface area contributed by atoms with Crippen molar-refractivity contribution in [3.8, 4) is 0 Å². The normalized spacial score (nSPS) is 15.4. The number of benzene rings is 3. The molecule has 1 atom stereocenters. The van der Waals surface area contributed by atoms with E-state index in [9.17, 15) is 18.0 Å². The SMILES string of the molecule is Cc1ccc2occ(CN(Cc3ccccc3)C(=O)CN(CC3CCCO3)S(=O)(=O)c3ccc(Br)cc3)c(=O)c2c1. The van der Waals surface area contributed by atoms with Crippen LogP contribution in [0.25, 0.3) is 11.0 Å². The molecule has 0 N–H and O–H groups in total. The highest BCUT2D eigenvalue weighted by atomic mass is 79.9. The van der Waals surface area contributed by atoms with Crippen LogP contribution in [0.3, 0.4) is 0 Å². The lowest BCUT2D eigenvalue weighted by Crippen LogP contribution is -2.45. The monoisotopic (exact) mass is 638 g/mol. The highest BCUT2D eigenvalue weighted by Crippen LogP contribution is 2.23. The molecule has 1 aliphatic rings. The van der Waals surface area contributed by atoms with E-state index < -0.39 is 22.5 Å². The number of hydrogen-bond acceptors (Lipinski definition) is 6. The molecule has 0 bridgehead atoms. The molecular weight excluding hydrogens is 608 g/mol. The molecule has 214 valence electrons. The maximum atomic E-state index is 13.9. The van der Waals surface area contributed by atoms with E-state index in [2.05, 4.69) is 15.9 Å². The van der Waals surface area contributed by atoms with Gasteiger partial charge in [-0.15, -0.1) is 0 Å². The third kappa shape index (κ3) is 6.95. The number of nitrogens with zero attached hydrogens (tertiary/aromatic N) is 2. The Hall–Kier alpha value is -3.31.